The van der Waals surface area contributed by atoms with Gasteiger partial charge >= 0.3 is 0 Å². The zero-order valence-electron chi connectivity index (χ0n) is 8.73. The molecule has 0 fully saturated rings. The Bertz CT molecular complexity index is 627. The second-order valence-corrected chi connectivity index (χ2v) is 4.34. The van der Waals surface area contributed by atoms with Crippen LogP contribution in [-0.2, 0) is 0 Å². The van der Waals surface area contributed by atoms with Crippen molar-refractivity contribution >= 4 is 27.4 Å². The number of nitrogens with zero attached hydrogens (tertiary/aromatic N) is 1. The minimum Gasteiger partial charge on any atom is -0.424 e. The number of hydrogen-bond donors (Lipinski definition) is 1. The lowest BCUT2D eigenvalue weighted by molar-refractivity contribution is 0.590. The average Bonchev–Trinajstić information content (AvgIpc) is 2.94. The first kappa shape index (κ1) is 9.42. The maximum atomic E-state index is 5.57. The van der Waals surface area contributed by atoms with Crippen molar-refractivity contribution in [2.75, 3.05) is 12.4 Å². The number of anilines is 1. The van der Waals surface area contributed by atoms with Crippen molar-refractivity contribution in [3.63, 3.8) is 0 Å². The average molecular weight is 230 g/mol. The van der Waals surface area contributed by atoms with E-state index in [2.05, 4.69) is 27.8 Å². The molecule has 0 saturated carbocycles. The molecule has 80 valence electrons. The van der Waals surface area contributed by atoms with Crippen LogP contribution in [0.25, 0.3) is 21.4 Å². The van der Waals surface area contributed by atoms with E-state index < -0.39 is 0 Å². The molecular formula is C12H10N2OS. The molecule has 3 aromatic rings. The summed E-state index contributed by atoms with van der Waals surface area (Å²) in [6.45, 7) is 0. The Morgan fingerprint density at radius 3 is 3.00 bits per heavy atom. The Labute approximate surface area is 96.7 Å². The highest BCUT2D eigenvalue weighted by Crippen LogP contribution is 2.34. The molecule has 3 rings (SSSR count). The van der Waals surface area contributed by atoms with Crippen molar-refractivity contribution in [3.8, 4) is 11.3 Å². The molecule has 0 spiro atoms. The Balaban J connectivity index is 2.18. The van der Waals surface area contributed by atoms with Crippen LogP contribution >= 0.6 is 11.3 Å². The highest BCUT2D eigenvalue weighted by molar-refractivity contribution is 7.17. The molecule has 2 aromatic heterocycles. The van der Waals surface area contributed by atoms with Gasteiger partial charge in [0.1, 0.15) is 0 Å². The third kappa shape index (κ3) is 1.39. The summed E-state index contributed by atoms with van der Waals surface area (Å²) in [6.07, 6.45) is 1.75. The van der Waals surface area contributed by atoms with Crippen LogP contribution < -0.4 is 5.32 Å². The number of hydrogen-bond acceptors (Lipinski definition) is 4. The summed E-state index contributed by atoms with van der Waals surface area (Å²) in [7, 11) is 1.79. The van der Waals surface area contributed by atoms with E-state index in [1.165, 1.54) is 10.1 Å². The van der Waals surface area contributed by atoms with Crippen molar-refractivity contribution < 1.29 is 4.42 Å². The second kappa shape index (κ2) is 3.64. The minimum atomic E-state index is 0.547. The van der Waals surface area contributed by atoms with E-state index in [4.69, 9.17) is 4.42 Å². The number of aromatic nitrogens is 1. The molecule has 0 aliphatic rings. The summed E-state index contributed by atoms with van der Waals surface area (Å²) in [5, 5.41) is 6.20. The first-order chi connectivity index (χ1) is 7.88. The fraction of sp³-hybridized carbons (Fsp3) is 0.0833. The maximum Gasteiger partial charge on any atom is 0.294 e. The van der Waals surface area contributed by atoms with Crippen LogP contribution in [0.5, 0.6) is 0 Å². The number of benzene rings is 1. The lowest BCUT2D eigenvalue weighted by Gasteiger charge is -1.93. The van der Waals surface area contributed by atoms with E-state index in [0.29, 0.717) is 6.01 Å². The van der Waals surface area contributed by atoms with Crippen LogP contribution in [0.4, 0.5) is 6.01 Å². The van der Waals surface area contributed by atoms with Crippen LogP contribution in [0.2, 0.25) is 0 Å². The largest absolute Gasteiger partial charge is 0.424 e. The van der Waals surface area contributed by atoms with Gasteiger partial charge in [0.05, 0.1) is 6.20 Å². The molecule has 0 saturated heterocycles. The molecule has 0 unspecified atom stereocenters. The Hall–Kier alpha value is -1.81. The van der Waals surface area contributed by atoms with Gasteiger partial charge in [0, 0.05) is 28.1 Å². The number of rotatable bonds is 2. The van der Waals surface area contributed by atoms with Gasteiger partial charge in [0.25, 0.3) is 6.01 Å². The fourth-order valence-corrected chi connectivity index (χ4v) is 2.63. The van der Waals surface area contributed by atoms with Crippen LogP contribution in [0.3, 0.4) is 0 Å². The molecule has 16 heavy (non-hydrogen) atoms. The van der Waals surface area contributed by atoms with E-state index in [1.807, 2.05) is 12.1 Å². The maximum absolute atomic E-state index is 5.57. The Kier molecular flexibility index (Phi) is 2.15. The molecule has 0 atom stereocenters. The molecule has 0 bridgehead atoms. The van der Waals surface area contributed by atoms with Gasteiger partial charge in [-0.05, 0) is 6.07 Å². The molecule has 1 aromatic carbocycles. The number of fused-ring (bicyclic) bond motifs is 1. The van der Waals surface area contributed by atoms with Crippen molar-refractivity contribution in [3.05, 3.63) is 35.8 Å². The summed E-state index contributed by atoms with van der Waals surface area (Å²) < 4.78 is 6.83. The van der Waals surface area contributed by atoms with E-state index in [9.17, 15) is 0 Å². The molecule has 0 amide bonds. The summed E-state index contributed by atoms with van der Waals surface area (Å²) in [4.78, 5) is 4.12. The third-order valence-corrected chi connectivity index (χ3v) is 3.43. The predicted octanol–water partition coefficient (Wildman–Crippen LogP) is 3.60. The third-order valence-electron chi connectivity index (χ3n) is 2.47. The van der Waals surface area contributed by atoms with E-state index in [1.54, 1.807) is 24.6 Å². The number of oxazole rings is 1. The van der Waals surface area contributed by atoms with Gasteiger partial charge in [-0.2, -0.15) is 0 Å². The molecule has 3 nitrogen and oxygen atoms in total. The minimum absolute atomic E-state index is 0.547. The van der Waals surface area contributed by atoms with Gasteiger partial charge in [0.15, 0.2) is 5.76 Å². The summed E-state index contributed by atoms with van der Waals surface area (Å²) >= 11 is 1.72. The van der Waals surface area contributed by atoms with Crippen LogP contribution in [0.15, 0.2) is 40.3 Å². The van der Waals surface area contributed by atoms with E-state index in [0.717, 1.165) is 11.3 Å². The van der Waals surface area contributed by atoms with Gasteiger partial charge in [-0.3, -0.25) is 0 Å². The number of thiophene rings is 1. The van der Waals surface area contributed by atoms with Gasteiger partial charge in [-0.1, -0.05) is 18.2 Å². The van der Waals surface area contributed by atoms with E-state index >= 15 is 0 Å². The van der Waals surface area contributed by atoms with Gasteiger partial charge in [-0.15, -0.1) is 11.3 Å². The molecule has 0 aliphatic carbocycles. The first-order valence-corrected chi connectivity index (χ1v) is 5.86. The second-order valence-electron chi connectivity index (χ2n) is 3.43. The van der Waals surface area contributed by atoms with Crippen molar-refractivity contribution in [1.82, 2.24) is 4.98 Å². The number of nitrogens with one attached hydrogen (secondary N) is 1. The lowest BCUT2D eigenvalue weighted by Crippen LogP contribution is -1.84. The van der Waals surface area contributed by atoms with Crippen molar-refractivity contribution in [2.24, 2.45) is 0 Å². The highest BCUT2D eigenvalue weighted by atomic mass is 32.1. The Morgan fingerprint density at radius 1 is 1.31 bits per heavy atom. The summed E-state index contributed by atoms with van der Waals surface area (Å²) in [5.74, 6) is 0.807. The van der Waals surface area contributed by atoms with Gasteiger partial charge < -0.3 is 9.73 Å². The Morgan fingerprint density at radius 2 is 2.19 bits per heavy atom. The molecule has 4 heteroatoms. The smallest absolute Gasteiger partial charge is 0.294 e. The zero-order valence-corrected chi connectivity index (χ0v) is 9.54. The van der Waals surface area contributed by atoms with E-state index in [-0.39, 0.29) is 0 Å². The normalized spacial score (nSPS) is 10.8. The zero-order chi connectivity index (χ0) is 11.0. The predicted molar refractivity (Wildman–Crippen MR) is 66.9 cm³/mol. The molecule has 2 heterocycles. The summed E-state index contributed by atoms with van der Waals surface area (Å²) in [5.41, 5.74) is 1.11. The molecule has 0 radical (unpaired) electrons. The highest BCUT2D eigenvalue weighted by Gasteiger charge is 2.10. The standard InChI is InChI=1S/C12H10N2OS/c1-13-12-14-6-10(15-12)9-7-16-11-5-3-2-4-8(9)11/h2-7H,1H3,(H,13,14). The quantitative estimate of drug-likeness (QED) is 0.731. The van der Waals surface area contributed by atoms with Crippen molar-refractivity contribution in [2.45, 2.75) is 0 Å². The van der Waals surface area contributed by atoms with Gasteiger partial charge in [0.2, 0.25) is 0 Å². The molecule has 0 aliphatic heterocycles. The summed E-state index contributed by atoms with van der Waals surface area (Å²) in [6, 6.07) is 8.84. The SMILES string of the molecule is CNc1ncc(-c2csc3ccccc23)o1. The monoisotopic (exact) mass is 230 g/mol. The topological polar surface area (TPSA) is 38.1 Å². The van der Waals surface area contributed by atoms with Crippen LogP contribution in [0.1, 0.15) is 0 Å². The molecular weight excluding hydrogens is 220 g/mol. The van der Waals surface area contributed by atoms with Gasteiger partial charge in [-0.25, -0.2) is 4.98 Å². The first-order valence-electron chi connectivity index (χ1n) is 4.98. The lowest BCUT2D eigenvalue weighted by atomic mass is 10.1. The fourth-order valence-electron chi connectivity index (χ4n) is 1.68. The molecule has 1 N–H and O–H groups in total. The van der Waals surface area contributed by atoms with Crippen molar-refractivity contribution in [1.29, 1.82) is 0 Å². The van der Waals surface area contributed by atoms with Crippen LogP contribution in [-0.4, -0.2) is 12.0 Å². The van der Waals surface area contributed by atoms with Crippen LogP contribution in [0, 0.1) is 0 Å².